The molecular weight excluding hydrogens is 266 g/mol. The summed E-state index contributed by atoms with van der Waals surface area (Å²) in [6.07, 6.45) is 7.93. The molecule has 19 heavy (non-hydrogen) atoms. The van der Waals surface area contributed by atoms with Crippen LogP contribution >= 0.6 is 11.6 Å². The van der Waals surface area contributed by atoms with E-state index in [1.165, 1.54) is 0 Å². The van der Waals surface area contributed by atoms with E-state index in [-0.39, 0.29) is 6.10 Å². The molecule has 3 heterocycles. The highest BCUT2D eigenvalue weighted by Gasteiger charge is 2.30. The molecule has 0 radical (unpaired) electrons. The van der Waals surface area contributed by atoms with E-state index < -0.39 is 0 Å². The lowest BCUT2D eigenvalue weighted by atomic mass is 9.97. The number of aromatic nitrogens is 4. The molecule has 6 nitrogen and oxygen atoms in total. The van der Waals surface area contributed by atoms with Crippen molar-refractivity contribution in [2.75, 3.05) is 18.5 Å². The van der Waals surface area contributed by atoms with Gasteiger partial charge in [-0.15, -0.1) is 0 Å². The molecule has 1 aliphatic rings. The van der Waals surface area contributed by atoms with Gasteiger partial charge in [-0.25, -0.2) is 9.97 Å². The molecule has 0 unspecified atom stereocenters. The fourth-order valence-corrected chi connectivity index (χ4v) is 2.35. The second-order valence-corrected chi connectivity index (χ2v) is 4.91. The Morgan fingerprint density at radius 1 is 1.37 bits per heavy atom. The first-order valence-electron chi connectivity index (χ1n) is 6.14. The van der Waals surface area contributed by atoms with Crippen LogP contribution in [0, 0.1) is 5.92 Å². The number of hydrogen-bond acceptors (Lipinski definition) is 5. The Kier molecular flexibility index (Phi) is 3.61. The van der Waals surface area contributed by atoms with Crippen molar-refractivity contribution in [2.45, 2.75) is 12.5 Å². The fraction of sp³-hybridized carbons (Fsp3) is 0.417. The maximum absolute atomic E-state index is 5.76. The Labute approximate surface area is 115 Å². The topological polar surface area (TPSA) is 75.7 Å². The number of rotatable bonds is 4. The van der Waals surface area contributed by atoms with E-state index in [1.807, 2.05) is 12.4 Å². The molecule has 100 valence electrons. The quantitative estimate of drug-likeness (QED) is 0.896. The Bertz CT molecular complexity index is 515. The van der Waals surface area contributed by atoms with Crippen LogP contribution in [0.15, 0.2) is 24.8 Å². The molecule has 0 aromatic carbocycles. The van der Waals surface area contributed by atoms with E-state index in [0.717, 1.165) is 25.1 Å². The number of nitrogens with zero attached hydrogens (tertiary/aromatic N) is 3. The van der Waals surface area contributed by atoms with E-state index in [9.17, 15) is 0 Å². The van der Waals surface area contributed by atoms with Crippen LogP contribution < -0.4 is 5.32 Å². The number of H-pyrrole nitrogens is 1. The summed E-state index contributed by atoms with van der Waals surface area (Å²) >= 11 is 5.75. The minimum absolute atomic E-state index is 0.0820. The van der Waals surface area contributed by atoms with Gasteiger partial charge in [0, 0.05) is 30.8 Å². The van der Waals surface area contributed by atoms with Crippen LogP contribution in [0.25, 0.3) is 0 Å². The molecule has 0 saturated carbocycles. The van der Waals surface area contributed by atoms with Gasteiger partial charge < -0.3 is 10.1 Å². The third kappa shape index (κ3) is 2.85. The maximum atomic E-state index is 5.76. The first-order chi connectivity index (χ1) is 9.33. The summed E-state index contributed by atoms with van der Waals surface area (Å²) in [6, 6.07) is 0. The summed E-state index contributed by atoms with van der Waals surface area (Å²) < 4.78 is 5.76. The van der Waals surface area contributed by atoms with Crippen molar-refractivity contribution in [3.05, 3.63) is 35.4 Å². The van der Waals surface area contributed by atoms with Gasteiger partial charge in [-0.3, -0.25) is 5.10 Å². The summed E-state index contributed by atoms with van der Waals surface area (Å²) in [6.45, 7) is 1.53. The van der Waals surface area contributed by atoms with Gasteiger partial charge >= 0.3 is 0 Å². The van der Waals surface area contributed by atoms with Gasteiger partial charge in [0.25, 0.3) is 0 Å². The van der Waals surface area contributed by atoms with Gasteiger partial charge in [-0.2, -0.15) is 5.10 Å². The van der Waals surface area contributed by atoms with Crippen LogP contribution in [0.1, 0.15) is 18.1 Å². The highest BCUT2D eigenvalue weighted by atomic mass is 35.5. The van der Waals surface area contributed by atoms with Gasteiger partial charge in [0.15, 0.2) is 0 Å². The van der Waals surface area contributed by atoms with E-state index in [1.54, 1.807) is 12.4 Å². The molecule has 1 aliphatic heterocycles. The van der Waals surface area contributed by atoms with Crippen LogP contribution in [0.3, 0.4) is 0 Å². The molecule has 3 rings (SSSR count). The summed E-state index contributed by atoms with van der Waals surface area (Å²) in [5.41, 5.74) is 1.08. The van der Waals surface area contributed by atoms with Crippen molar-refractivity contribution in [3.8, 4) is 0 Å². The lowest BCUT2D eigenvalue weighted by Crippen LogP contribution is -2.18. The van der Waals surface area contributed by atoms with Crippen molar-refractivity contribution in [1.82, 2.24) is 20.2 Å². The van der Waals surface area contributed by atoms with Crippen LogP contribution in [0.2, 0.25) is 5.02 Å². The molecule has 1 fully saturated rings. The van der Waals surface area contributed by atoms with Crippen molar-refractivity contribution in [2.24, 2.45) is 5.92 Å². The molecule has 0 aliphatic carbocycles. The average Bonchev–Trinajstić information content (AvgIpc) is 3.08. The molecule has 0 amide bonds. The van der Waals surface area contributed by atoms with E-state index >= 15 is 0 Å². The number of nitrogens with one attached hydrogen (secondary N) is 2. The van der Waals surface area contributed by atoms with Crippen LogP contribution in [0.5, 0.6) is 0 Å². The fourth-order valence-electron chi connectivity index (χ4n) is 2.25. The molecule has 7 heteroatoms. The summed E-state index contributed by atoms with van der Waals surface area (Å²) in [4.78, 5) is 8.23. The standard InChI is InChI=1S/C12H14ClN5O/c13-10-6-15-12(16-7-10)14-3-8-1-2-19-11(8)9-4-17-18-5-9/h4-8,11H,1-3H2,(H,17,18)(H,14,15,16)/t8-,11+/m1/s1. The minimum atomic E-state index is 0.0820. The zero-order valence-electron chi connectivity index (χ0n) is 10.2. The third-order valence-electron chi connectivity index (χ3n) is 3.20. The highest BCUT2D eigenvalue weighted by molar-refractivity contribution is 6.30. The minimum Gasteiger partial charge on any atom is -0.373 e. The summed E-state index contributed by atoms with van der Waals surface area (Å²) in [7, 11) is 0. The van der Waals surface area contributed by atoms with Gasteiger partial charge in [-0.05, 0) is 6.42 Å². The molecule has 0 spiro atoms. The summed E-state index contributed by atoms with van der Waals surface area (Å²) in [5, 5.41) is 10.5. The smallest absolute Gasteiger partial charge is 0.222 e. The van der Waals surface area contributed by atoms with Gasteiger partial charge in [0.1, 0.15) is 0 Å². The molecule has 2 aromatic heterocycles. The van der Waals surface area contributed by atoms with Crippen molar-refractivity contribution >= 4 is 17.5 Å². The Morgan fingerprint density at radius 3 is 2.95 bits per heavy atom. The first kappa shape index (κ1) is 12.4. The normalized spacial score (nSPS) is 22.6. The maximum Gasteiger partial charge on any atom is 0.222 e. The van der Waals surface area contributed by atoms with Gasteiger partial charge in [-0.1, -0.05) is 11.6 Å². The summed E-state index contributed by atoms with van der Waals surface area (Å²) in [5.74, 6) is 0.971. The third-order valence-corrected chi connectivity index (χ3v) is 3.40. The second-order valence-electron chi connectivity index (χ2n) is 4.48. The van der Waals surface area contributed by atoms with Crippen LogP contribution in [0.4, 0.5) is 5.95 Å². The van der Waals surface area contributed by atoms with Crippen molar-refractivity contribution < 1.29 is 4.74 Å². The largest absolute Gasteiger partial charge is 0.373 e. The SMILES string of the molecule is Clc1cnc(NC[C@H]2CCO[C@@H]2c2cn[nH]c2)nc1. The molecule has 2 N–H and O–H groups in total. The first-order valence-corrected chi connectivity index (χ1v) is 6.52. The predicted octanol–water partition coefficient (Wildman–Crippen LogP) is 2.04. The molecule has 0 bridgehead atoms. The Hall–Kier alpha value is -1.66. The van der Waals surface area contributed by atoms with E-state index in [4.69, 9.17) is 16.3 Å². The number of halogens is 1. The molecule has 2 aromatic rings. The number of ether oxygens (including phenoxy) is 1. The van der Waals surface area contributed by atoms with Crippen LogP contribution in [-0.4, -0.2) is 33.3 Å². The van der Waals surface area contributed by atoms with Crippen LogP contribution in [-0.2, 0) is 4.74 Å². The zero-order chi connectivity index (χ0) is 13.1. The van der Waals surface area contributed by atoms with E-state index in [0.29, 0.717) is 16.9 Å². The molecule has 2 atom stereocenters. The van der Waals surface area contributed by atoms with Crippen molar-refractivity contribution in [1.29, 1.82) is 0 Å². The molecule has 1 saturated heterocycles. The number of anilines is 1. The lowest BCUT2D eigenvalue weighted by Gasteiger charge is -2.17. The number of aromatic amines is 1. The van der Waals surface area contributed by atoms with Crippen molar-refractivity contribution in [3.63, 3.8) is 0 Å². The predicted molar refractivity (Wildman–Crippen MR) is 70.9 cm³/mol. The van der Waals surface area contributed by atoms with Gasteiger partial charge in [0.05, 0.1) is 29.7 Å². The number of hydrogen-bond donors (Lipinski definition) is 2. The molecular formula is C12H14ClN5O. The highest BCUT2D eigenvalue weighted by Crippen LogP contribution is 2.33. The Morgan fingerprint density at radius 2 is 2.21 bits per heavy atom. The zero-order valence-corrected chi connectivity index (χ0v) is 11.0. The average molecular weight is 280 g/mol. The Balaban J connectivity index is 1.61. The van der Waals surface area contributed by atoms with E-state index in [2.05, 4.69) is 25.5 Å². The monoisotopic (exact) mass is 279 g/mol. The second kappa shape index (κ2) is 5.54. The lowest BCUT2D eigenvalue weighted by molar-refractivity contribution is 0.0933. The van der Waals surface area contributed by atoms with Gasteiger partial charge in [0.2, 0.25) is 5.95 Å².